The van der Waals surface area contributed by atoms with E-state index in [9.17, 15) is 14.7 Å². The van der Waals surface area contributed by atoms with Crippen molar-refractivity contribution in [3.63, 3.8) is 0 Å². The highest BCUT2D eigenvalue weighted by atomic mass is 16.7. The zero-order valence-electron chi connectivity index (χ0n) is 21.2. The Balaban J connectivity index is 1.44. The first-order valence-electron chi connectivity index (χ1n) is 13.2. The van der Waals surface area contributed by atoms with Gasteiger partial charge in [-0.3, -0.25) is 9.59 Å². The van der Waals surface area contributed by atoms with Crippen LogP contribution in [0.3, 0.4) is 0 Å². The third-order valence-electron chi connectivity index (χ3n) is 10.2. The topological polar surface area (TPSA) is 113 Å². The van der Waals surface area contributed by atoms with Gasteiger partial charge in [0.1, 0.15) is 17.1 Å². The van der Waals surface area contributed by atoms with Gasteiger partial charge in [-0.15, -0.1) is 0 Å². The summed E-state index contributed by atoms with van der Waals surface area (Å²) in [5, 5.41) is 9.95. The number of hydrogen-bond donors (Lipinski definition) is 1. The van der Waals surface area contributed by atoms with E-state index in [-0.39, 0.29) is 53.2 Å². The Morgan fingerprint density at radius 1 is 1.06 bits per heavy atom. The van der Waals surface area contributed by atoms with Crippen LogP contribution < -0.4 is 0 Å². The number of esters is 2. The van der Waals surface area contributed by atoms with Crippen molar-refractivity contribution in [1.29, 1.82) is 0 Å². The second-order valence-electron chi connectivity index (χ2n) is 12.3. The fourth-order valence-corrected chi connectivity index (χ4v) is 8.37. The molecule has 0 unspecified atom stereocenters. The summed E-state index contributed by atoms with van der Waals surface area (Å²) in [7, 11) is 0. The Bertz CT molecular complexity index is 887. The number of aliphatic hydroxyl groups is 1. The van der Waals surface area contributed by atoms with Crippen LogP contribution in [0.1, 0.15) is 66.7 Å². The molecular formula is C26H38O9. The molecule has 7 aliphatic rings. The number of fused-ring (bicyclic) bond motifs is 2. The monoisotopic (exact) mass is 494 g/mol. The molecule has 2 bridgehead atoms. The summed E-state index contributed by atoms with van der Waals surface area (Å²) in [4.78, 5) is 25.2. The van der Waals surface area contributed by atoms with Gasteiger partial charge < -0.3 is 33.5 Å². The first kappa shape index (κ1) is 24.1. The molecule has 0 aromatic heterocycles. The van der Waals surface area contributed by atoms with Gasteiger partial charge in [0.15, 0.2) is 12.6 Å². The Morgan fingerprint density at radius 2 is 1.80 bits per heavy atom. The van der Waals surface area contributed by atoms with Gasteiger partial charge in [0, 0.05) is 31.1 Å². The minimum atomic E-state index is -0.854. The van der Waals surface area contributed by atoms with Crippen LogP contribution in [0.15, 0.2) is 0 Å². The lowest BCUT2D eigenvalue weighted by Gasteiger charge is -2.69. The van der Waals surface area contributed by atoms with Gasteiger partial charge in [0.25, 0.3) is 0 Å². The molecule has 9 nitrogen and oxygen atoms in total. The highest BCUT2D eigenvalue weighted by molar-refractivity contribution is 5.71. The van der Waals surface area contributed by atoms with Crippen molar-refractivity contribution in [1.82, 2.24) is 0 Å². The molecule has 0 aromatic carbocycles. The predicted molar refractivity (Wildman–Crippen MR) is 119 cm³/mol. The molecule has 12 atom stereocenters. The van der Waals surface area contributed by atoms with Gasteiger partial charge in [-0.1, -0.05) is 27.7 Å². The molecule has 5 saturated heterocycles. The molecule has 9 heteroatoms. The zero-order valence-corrected chi connectivity index (χ0v) is 21.2. The van der Waals surface area contributed by atoms with Gasteiger partial charge in [0.2, 0.25) is 6.29 Å². The largest absolute Gasteiger partial charge is 0.462 e. The number of aliphatic hydroxyl groups excluding tert-OH is 1. The van der Waals surface area contributed by atoms with Gasteiger partial charge in [-0.2, -0.15) is 0 Å². The maximum Gasteiger partial charge on any atom is 0.310 e. The summed E-state index contributed by atoms with van der Waals surface area (Å²) < 4.78 is 36.9. The third kappa shape index (κ3) is 3.24. The summed E-state index contributed by atoms with van der Waals surface area (Å²) in [6.07, 6.45) is 0.684. The SMILES string of the molecule is CC(=O)O[C@H]1C[C@@H](C)[C@](C)([C@@H]2C[C@H]3C[C@@H](O)O[C@H]3O2)[C@H]2C[C@@H]3C[C@]4(CO4)[C@]12[C@@H](OC(=O)C(C)C)O3. The molecule has 2 aliphatic carbocycles. The smallest absolute Gasteiger partial charge is 0.310 e. The molecule has 196 valence electrons. The fraction of sp³-hybridized carbons (Fsp3) is 0.923. The van der Waals surface area contributed by atoms with E-state index in [1.165, 1.54) is 6.92 Å². The van der Waals surface area contributed by atoms with Gasteiger partial charge >= 0.3 is 11.9 Å². The van der Waals surface area contributed by atoms with Crippen LogP contribution in [0, 0.1) is 34.5 Å². The minimum Gasteiger partial charge on any atom is -0.462 e. The van der Waals surface area contributed by atoms with Crippen LogP contribution in [-0.2, 0) is 38.0 Å². The van der Waals surface area contributed by atoms with E-state index < -0.39 is 36.0 Å². The van der Waals surface area contributed by atoms with E-state index in [4.69, 9.17) is 28.4 Å². The van der Waals surface area contributed by atoms with Gasteiger partial charge in [-0.25, -0.2) is 0 Å². The van der Waals surface area contributed by atoms with Crippen LogP contribution in [-0.4, -0.2) is 66.4 Å². The molecule has 0 aromatic rings. The van der Waals surface area contributed by atoms with Crippen molar-refractivity contribution in [2.75, 3.05) is 6.61 Å². The Labute approximate surface area is 206 Å². The van der Waals surface area contributed by atoms with E-state index in [2.05, 4.69) is 13.8 Å². The van der Waals surface area contributed by atoms with Crippen LogP contribution in [0.2, 0.25) is 0 Å². The Morgan fingerprint density at radius 3 is 2.43 bits per heavy atom. The summed E-state index contributed by atoms with van der Waals surface area (Å²) in [6.45, 7) is 10.0. The molecule has 7 fully saturated rings. The van der Waals surface area contributed by atoms with Crippen LogP contribution in [0.25, 0.3) is 0 Å². The first-order valence-corrected chi connectivity index (χ1v) is 13.2. The second-order valence-corrected chi connectivity index (χ2v) is 12.3. The number of hydrogen-bond acceptors (Lipinski definition) is 9. The molecular weight excluding hydrogens is 456 g/mol. The number of rotatable bonds is 4. The summed E-state index contributed by atoms with van der Waals surface area (Å²) in [5.41, 5.74) is -1.69. The maximum absolute atomic E-state index is 12.8. The molecule has 2 spiro atoms. The summed E-state index contributed by atoms with van der Waals surface area (Å²) >= 11 is 0. The van der Waals surface area contributed by atoms with Crippen LogP contribution >= 0.6 is 0 Å². The highest BCUT2D eigenvalue weighted by Crippen LogP contribution is 2.74. The zero-order chi connectivity index (χ0) is 24.9. The molecule has 2 saturated carbocycles. The summed E-state index contributed by atoms with van der Waals surface area (Å²) in [6, 6.07) is 0. The maximum atomic E-state index is 12.8. The third-order valence-corrected chi connectivity index (χ3v) is 10.2. The van der Waals surface area contributed by atoms with Crippen LogP contribution in [0.4, 0.5) is 0 Å². The standard InChI is InChI=1S/C26H38O9/c1-12(2)21(29)35-23-26-17(9-16(32-23)10-25(26)11-30-25)24(5,13(3)6-19(26)31-14(4)27)18-7-15-8-20(28)34-22(15)33-18/h12-13,15-20,22-23,28H,6-11H2,1-5H3/t13-,15+,16-,17-,18+,19+,20+,22-,23-,24+,25+,26+/m1/s1. The minimum absolute atomic E-state index is 0.0168. The quantitative estimate of drug-likeness (QED) is 0.465. The van der Waals surface area contributed by atoms with Crippen molar-refractivity contribution in [3.8, 4) is 0 Å². The van der Waals surface area contributed by atoms with E-state index in [0.29, 0.717) is 25.9 Å². The average Bonchev–Trinajstić information content (AvgIpc) is 3.26. The number of carbonyl (C=O) groups excluding carboxylic acids is 2. The van der Waals surface area contributed by atoms with E-state index >= 15 is 0 Å². The van der Waals surface area contributed by atoms with E-state index in [0.717, 1.165) is 12.8 Å². The predicted octanol–water partition coefficient (Wildman–Crippen LogP) is 2.52. The molecule has 7 rings (SSSR count). The lowest BCUT2D eigenvalue weighted by atomic mass is 9.40. The Hall–Kier alpha value is -1.26. The van der Waals surface area contributed by atoms with E-state index in [1.807, 2.05) is 0 Å². The normalized spacial score (nSPS) is 54.0. The first-order chi connectivity index (χ1) is 16.5. The second kappa shape index (κ2) is 7.87. The van der Waals surface area contributed by atoms with Gasteiger partial charge in [0.05, 0.1) is 24.7 Å². The van der Waals surface area contributed by atoms with Crippen molar-refractivity contribution >= 4 is 11.9 Å². The van der Waals surface area contributed by atoms with Crippen LogP contribution in [0.5, 0.6) is 0 Å². The number of ether oxygens (including phenoxy) is 6. The average molecular weight is 495 g/mol. The fourth-order valence-electron chi connectivity index (χ4n) is 8.37. The highest BCUT2D eigenvalue weighted by Gasteiger charge is 2.83. The molecule has 0 radical (unpaired) electrons. The van der Waals surface area contributed by atoms with Crippen molar-refractivity contribution in [2.24, 2.45) is 34.5 Å². The van der Waals surface area contributed by atoms with Crippen molar-refractivity contribution in [2.45, 2.75) is 110 Å². The molecule has 35 heavy (non-hydrogen) atoms. The molecule has 5 heterocycles. The number of epoxide rings is 1. The Kier molecular flexibility index (Phi) is 5.42. The van der Waals surface area contributed by atoms with Crippen molar-refractivity contribution in [3.05, 3.63) is 0 Å². The molecule has 5 aliphatic heterocycles. The number of carbonyl (C=O) groups is 2. The lowest BCUT2D eigenvalue weighted by molar-refractivity contribution is -0.377. The van der Waals surface area contributed by atoms with Crippen molar-refractivity contribution < 1.29 is 43.1 Å². The van der Waals surface area contributed by atoms with Gasteiger partial charge in [-0.05, 0) is 31.1 Å². The molecule has 1 N–H and O–H groups in total. The summed E-state index contributed by atoms with van der Waals surface area (Å²) in [5.74, 6) is -0.705. The molecule has 0 amide bonds. The van der Waals surface area contributed by atoms with E-state index in [1.54, 1.807) is 13.8 Å². The lowest BCUT2D eigenvalue weighted by Crippen LogP contribution is -2.77.